The van der Waals surface area contributed by atoms with E-state index in [9.17, 15) is 4.39 Å². The normalized spacial score (nSPS) is 12.1. The van der Waals surface area contributed by atoms with Crippen LogP contribution in [-0.2, 0) is 6.54 Å². The van der Waals surface area contributed by atoms with Crippen LogP contribution in [-0.4, -0.2) is 6.54 Å². The van der Waals surface area contributed by atoms with Gasteiger partial charge >= 0.3 is 0 Å². The summed E-state index contributed by atoms with van der Waals surface area (Å²) in [4.78, 5) is 0. The van der Waals surface area contributed by atoms with Crippen molar-refractivity contribution in [1.82, 2.24) is 5.32 Å². The molecule has 1 unspecified atom stereocenters. The van der Waals surface area contributed by atoms with E-state index in [0.717, 1.165) is 4.47 Å². The molecular weight excluding hydrogens is 259 g/mol. The summed E-state index contributed by atoms with van der Waals surface area (Å²) >= 11 is 3.20. The lowest BCUT2D eigenvalue weighted by Gasteiger charge is -2.07. The third-order valence-electron chi connectivity index (χ3n) is 2.00. The molecule has 0 radical (unpaired) electrons. The predicted octanol–water partition coefficient (Wildman–Crippen LogP) is 2.84. The summed E-state index contributed by atoms with van der Waals surface area (Å²) < 4.78 is 14.1. The largest absolute Gasteiger partial charge is 0.311 e. The lowest BCUT2D eigenvalue weighted by molar-refractivity contribution is 0.564. The maximum absolute atomic E-state index is 13.3. The van der Waals surface area contributed by atoms with Crippen LogP contribution in [0.4, 0.5) is 4.39 Å². The average molecular weight is 271 g/mol. The van der Waals surface area contributed by atoms with Gasteiger partial charge in [-0.2, -0.15) is 5.26 Å². The molecule has 0 fully saturated rings. The summed E-state index contributed by atoms with van der Waals surface area (Å²) in [5, 5.41) is 11.6. The Morgan fingerprint density at radius 1 is 1.60 bits per heavy atom. The highest BCUT2D eigenvalue weighted by atomic mass is 79.9. The molecule has 2 nitrogen and oxygen atoms in total. The van der Waals surface area contributed by atoms with Crippen molar-refractivity contribution < 1.29 is 4.39 Å². The Hall–Kier alpha value is -0.920. The van der Waals surface area contributed by atoms with E-state index >= 15 is 0 Å². The van der Waals surface area contributed by atoms with Gasteiger partial charge in [-0.05, 0) is 19.1 Å². The first kappa shape index (κ1) is 12.2. The Morgan fingerprint density at radius 3 is 2.93 bits per heavy atom. The van der Waals surface area contributed by atoms with Gasteiger partial charge in [-0.25, -0.2) is 4.39 Å². The zero-order chi connectivity index (χ0) is 11.3. The number of nitrogens with zero attached hydrogens (tertiary/aromatic N) is 1. The molecule has 0 aromatic heterocycles. The van der Waals surface area contributed by atoms with Crippen LogP contribution in [0, 0.1) is 23.1 Å². The summed E-state index contributed by atoms with van der Waals surface area (Å²) in [7, 11) is 0. The van der Waals surface area contributed by atoms with Crippen molar-refractivity contribution in [3.05, 3.63) is 34.1 Å². The minimum Gasteiger partial charge on any atom is -0.311 e. The Balaban J connectivity index is 2.48. The molecule has 0 aliphatic rings. The van der Waals surface area contributed by atoms with E-state index in [4.69, 9.17) is 5.26 Å². The Labute approximate surface area is 97.2 Å². The molecule has 4 heteroatoms. The minimum atomic E-state index is -0.235. The van der Waals surface area contributed by atoms with E-state index in [2.05, 4.69) is 27.3 Å². The summed E-state index contributed by atoms with van der Waals surface area (Å²) in [6.45, 7) is 2.85. The number of nitrogens with one attached hydrogen (secondary N) is 1. The molecule has 0 heterocycles. The van der Waals surface area contributed by atoms with Gasteiger partial charge in [-0.3, -0.25) is 0 Å². The topological polar surface area (TPSA) is 35.8 Å². The molecule has 0 bridgehead atoms. The SMILES string of the molecule is CC(C#N)CNCc1ccc(Br)cc1F. The second-order valence-electron chi connectivity index (χ2n) is 3.40. The second kappa shape index (κ2) is 5.84. The van der Waals surface area contributed by atoms with Crippen LogP contribution in [0.5, 0.6) is 0 Å². The van der Waals surface area contributed by atoms with Crippen molar-refractivity contribution >= 4 is 15.9 Å². The van der Waals surface area contributed by atoms with E-state index in [1.807, 2.05) is 6.92 Å². The molecule has 15 heavy (non-hydrogen) atoms. The number of hydrogen-bond donors (Lipinski definition) is 1. The molecular formula is C11H12BrFN2. The van der Waals surface area contributed by atoms with Crippen LogP contribution in [0.3, 0.4) is 0 Å². The molecule has 1 aromatic carbocycles. The summed E-state index contributed by atoms with van der Waals surface area (Å²) in [5.41, 5.74) is 0.614. The smallest absolute Gasteiger partial charge is 0.128 e. The van der Waals surface area contributed by atoms with E-state index in [0.29, 0.717) is 18.7 Å². The Bertz CT molecular complexity index is 373. The van der Waals surface area contributed by atoms with E-state index < -0.39 is 0 Å². The van der Waals surface area contributed by atoms with Gasteiger partial charge in [0, 0.05) is 23.1 Å². The monoisotopic (exact) mass is 270 g/mol. The number of rotatable bonds is 4. The fraction of sp³-hybridized carbons (Fsp3) is 0.364. The van der Waals surface area contributed by atoms with Gasteiger partial charge in [0.15, 0.2) is 0 Å². The lowest BCUT2D eigenvalue weighted by atomic mass is 10.2. The molecule has 0 spiro atoms. The quantitative estimate of drug-likeness (QED) is 0.914. The van der Waals surface area contributed by atoms with E-state index in [1.165, 1.54) is 6.07 Å². The predicted molar refractivity (Wildman–Crippen MR) is 60.6 cm³/mol. The van der Waals surface area contributed by atoms with Gasteiger partial charge in [0.05, 0.1) is 12.0 Å². The Morgan fingerprint density at radius 2 is 2.33 bits per heavy atom. The zero-order valence-corrected chi connectivity index (χ0v) is 10.0. The third-order valence-corrected chi connectivity index (χ3v) is 2.49. The van der Waals surface area contributed by atoms with Gasteiger partial charge in [0.25, 0.3) is 0 Å². The van der Waals surface area contributed by atoms with Gasteiger partial charge < -0.3 is 5.32 Å². The zero-order valence-electron chi connectivity index (χ0n) is 8.43. The van der Waals surface area contributed by atoms with Crippen molar-refractivity contribution in [3.63, 3.8) is 0 Å². The van der Waals surface area contributed by atoms with Crippen LogP contribution >= 0.6 is 15.9 Å². The number of halogens is 2. The highest BCUT2D eigenvalue weighted by Gasteiger charge is 2.03. The molecule has 0 amide bonds. The molecule has 0 saturated heterocycles. The third kappa shape index (κ3) is 3.98. The highest BCUT2D eigenvalue weighted by molar-refractivity contribution is 9.10. The maximum Gasteiger partial charge on any atom is 0.128 e. The van der Waals surface area contributed by atoms with Crippen LogP contribution < -0.4 is 5.32 Å². The summed E-state index contributed by atoms with van der Waals surface area (Å²) in [5.74, 6) is -0.287. The van der Waals surface area contributed by atoms with Crippen molar-refractivity contribution in [2.75, 3.05) is 6.54 Å². The fourth-order valence-corrected chi connectivity index (χ4v) is 1.47. The van der Waals surface area contributed by atoms with Crippen molar-refractivity contribution in [2.24, 2.45) is 5.92 Å². The highest BCUT2D eigenvalue weighted by Crippen LogP contribution is 2.14. The molecule has 1 rings (SSSR count). The molecule has 0 aliphatic heterocycles. The van der Waals surface area contributed by atoms with Gasteiger partial charge in [0.2, 0.25) is 0 Å². The lowest BCUT2D eigenvalue weighted by Crippen LogP contribution is -2.20. The molecule has 1 N–H and O–H groups in total. The molecule has 1 atom stereocenters. The van der Waals surface area contributed by atoms with Crippen LogP contribution in [0.25, 0.3) is 0 Å². The van der Waals surface area contributed by atoms with Gasteiger partial charge in [-0.15, -0.1) is 0 Å². The molecule has 0 aliphatic carbocycles. The van der Waals surface area contributed by atoms with Crippen LogP contribution in [0.1, 0.15) is 12.5 Å². The van der Waals surface area contributed by atoms with Crippen molar-refractivity contribution in [1.29, 1.82) is 5.26 Å². The van der Waals surface area contributed by atoms with E-state index in [-0.39, 0.29) is 11.7 Å². The minimum absolute atomic E-state index is 0.0523. The first-order valence-corrected chi connectivity index (χ1v) is 5.47. The molecule has 1 aromatic rings. The van der Waals surface area contributed by atoms with E-state index in [1.54, 1.807) is 12.1 Å². The van der Waals surface area contributed by atoms with Gasteiger partial charge in [0.1, 0.15) is 5.82 Å². The first-order valence-electron chi connectivity index (χ1n) is 4.67. The average Bonchev–Trinajstić information content (AvgIpc) is 2.21. The van der Waals surface area contributed by atoms with Crippen LogP contribution in [0.15, 0.2) is 22.7 Å². The molecule has 80 valence electrons. The summed E-state index contributed by atoms with van der Waals surface area (Å²) in [6.07, 6.45) is 0. The van der Waals surface area contributed by atoms with Crippen LogP contribution in [0.2, 0.25) is 0 Å². The Kier molecular flexibility index (Phi) is 4.73. The number of hydrogen-bond acceptors (Lipinski definition) is 2. The number of benzene rings is 1. The maximum atomic E-state index is 13.3. The van der Waals surface area contributed by atoms with Crippen molar-refractivity contribution in [2.45, 2.75) is 13.5 Å². The first-order chi connectivity index (χ1) is 7.13. The summed E-state index contributed by atoms with van der Waals surface area (Å²) in [6, 6.07) is 7.07. The molecule has 0 saturated carbocycles. The second-order valence-corrected chi connectivity index (χ2v) is 4.31. The standard InChI is InChI=1S/C11H12BrFN2/c1-8(5-14)6-15-7-9-2-3-10(12)4-11(9)13/h2-4,8,15H,6-7H2,1H3. The van der Waals surface area contributed by atoms with Crippen molar-refractivity contribution in [3.8, 4) is 6.07 Å². The fourth-order valence-electron chi connectivity index (χ4n) is 1.13. The van der Waals surface area contributed by atoms with Gasteiger partial charge in [-0.1, -0.05) is 22.0 Å². The number of nitriles is 1.